The van der Waals surface area contributed by atoms with Crippen LogP contribution in [0.15, 0.2) is 30.5 Å². The zero-order chi connectivity index (χ0) is 16.7. The highest BCUT2D eigenvalue weighted by atomic mass is 19.2. The highest BCUT2D eigenvalue weighted by Gasteiger charge is 2.10. The lowest BCUT2D eigenvalue weighted by molar-refractivity contribution is 0.102. The van der Waals surface area contributed by atoms with Gasteiger partial charge in [0.05, 0.1) is 0 Å². The van der Waals surface area contributed by atoms with E-state index in [-0.39, 0.29) is 11.4 Å². The second-order valence-corrected chi connectivity index (χ2v) is 4.98. The summed E-state index contributed by atoms with van der Waals surface area (Å²) in [5.41, 5.74) is 0.299. The lowest BCUT2D eigenvalue weighted by atomic mass is 10.2. The lowest BCUT2D eigenvalue weighted by Crippen LogP contribution is -2.15. The Labute approximate surface area is 133 Å². The van der Waals surface area contributed by atoms with Crippen LogP contribution in [0.5, 0.6) is 0 Å². The smallest absolute Gasteiger partial charge is 0.274 e. The van der Waals surface area contributed by atoms with Crippen molar-refractivity contribution in [2.75, 3.05) is 17.2 Å². The molecule has 0 radical (unpaired) electrons. The number of aromatic nitrogens is 2. The number of carbonyl (C=O) groups excluding carboxylic acids is 1. The number of carbonyl (C=O) groups is 1. The number of benzene rings is 1. The van der Waals surface area contributed by atoms with Gasteiger partial charge in [0.1, 0.15) is 5.69 Å². The minimum absolute atomic E-state index is 0.141. The number of nitrogens with zero attached hydrogens (tertiary/aromatic N) is 2. The van der Waals surface area contributed by atoms with Crippen LogP contribution < -0.4 is 10.6 Å². The minimum Gasteiger partial charge on any atom is -0.354 e. The van der Waals surface area contributed by atoms with E-state index in [0.29, 0.717) is 5.95 Å². The van der Waals surface area contributed by atoms with E-state index in [0.717, 1.165) is 37.9 Å². The molecule has 0 aliphatic carbocycles. The van der Waals surface area contributed by atoms with E-state index in [1.807, 2.05) is 0 Å². The molecule has 0 spiro atoms. The Hall–Kier alpha value is -2.57. The molecule has 1 heterocycles. The molecule has 1 aromatic carbocycles. The highest BCUT2D eigenvalue weighted by molar-refractivity contribution is 6.02. The number of anilines is 2. The molecule has 0 saturated heterocycles. The van der Waals surface area contributed by atoms with Crippen LogP contribution in [0.3, 0.4) is 0 Å². The van der Waals surface area contributed by atoms with Gasteiger partial charge in [-0.05, 0) is 24.6 Å². The largest absolute Gasteiger partial charge is 0.354 e. The summed E-state index contributed by atoms with van der Waals surface area (Å²) in [7, 11) is 0. The molecule has 0 aliphatic heterocycles. The standard InChI is InChI=1S/C16H18F2N4O/c1-2-3-4-8-19-16-20-9-7-14(22-16)15(23)21-11-5-6-12(17)13(18)10-11/h5-7,9-10H,2-4,8H2,1H3,(H,21,23)(H,19,20,22). The molecule has 23 heavy (non-hydrogen) atoms. The zero-order valence-electron chi connectivity index (χ0n) is 12.8. The maximum Gasteiger partial charge on any atom is 0.274 e. The van der Waals surface area contributed by atoms with Crippen LogP contribution in [0.1, 0.15) is 36.7 Å². The number of rotatable bonds is 7. The molecule has 1 aromatic heterocycles. The monoisotopic (exact) mass is 320 g/mol. The number of amides is 1. The van der Waals surface area contributed by atoms with Crippen molar-refractivity contribution in [1.29, 1.82) is 0 Å². The first-order chi connectivity index (χ1) is 11.1. The van der Waals surface area contributed by atoms with Gasteiger partial charge in [0.2, 0.25) is 5.95 Å². The first kappa shape index (κ1) is 16.8. The second-order valence-electron chi connectivity index (χ2n) is 4.98. The topological polar surface area (TPSA) is 66.9 Å². The van der Waals surface area contributed by atoms with Crippen molar-refractivity contribution in [2.45, 2.75) is 26.2 Å². The summed E-state index contributed by atoms with van der Waals surface area (Å²) < 4.78 is 26.0. The van der Waals surface area contributed by atoms with Gasteiger partial charge in [0.25, 0.3) is 5.91 Å². The molecule has 0 unspecified atom stereocenters. The Morgan fingerprint density at radius 2 is 2.00 bits per heavy atom. The van der Waals surface area contributed by atoms with Gasteiger partial charge in [-0.25, -0.2) is 18.7 Å². The fourth-order valence-electron chi connectivity index (χ4n) is 1.91. The fourth-order valence-corrected chi connectivity index (χ4v) is 1.91. The van der Waals surface area contributed by atoms with Crippen molar-refractivity contribution in [3.63, 3.8) is 0 Å². The van der Waals surface area contributed by atoms with Gasteiger partial charge in [-0.3, -0.25) is 4.79 Å². The summed E-state index contributed by atoms with van der Waals surface area (Å²) >= 11 is 0. The minimum atomic E-state index is -1.02. The molecule has 7 heteroatoms. The Morgan fingerprint density at radius 3 is 2.74 bits per heavy atom. The number of halogens is 2. The van der Waals surface area contributed by atoms with Crippen molar-refractivity contribution in [3.05, 3.63) is 47.8 Å². The molecule has 2 aromatic rings. The number of unbranched alkanes of at least 4 members (excludes halogenated alkanes) is 2. The van der Waals surface area contributed by atoms with Crippen LogP contribution in [0.4, 0.5) is 20.4 Å². The molecule has 0 bridgehead atoms. The Bertz CT molecular complexity index is 679. The molecule has 0 atom stereocenters. The number of nitrogens with one attached hydrogen (secondary N) is 2. The molecule has 1 amide bonds. The summed E-state index contributed by atoms with van der Waals surface area (Å²) in [5, 5.41) is 5.51. The SMILES string of the molecule is CCCCCNc1nccc(C(=O)Nc2ccc(F)c(F)c2)n1. The van der Waals surface area contributed by atoms with Crippen LogP contribution in [-0.4, -0.2) is 22.4 Å². The van der Waals surface area contributed by atoms with Gasteiger partial charge in [0.15, 0.2) is 11.6 Å². The summed E-state index contributed by atoms with van der Waals surface area (Å²) in [4.78, 5) is 20.2. The number of hydrogen-bond donors (Lipinski definition) is 2. The molecule has 122 valence electrons. The van der Waals surface area contributed by atoms with Crippen LogP contribution in [0.2, 0.25) is 0 Å². The zero-order valence-corrected chi connectivity index (χ0v) is 12.8. The number of hydrogen-bond acceptors (Lipinski definition) is 4. The third-order valence-electron chi connectivity index (χ3n) is 3.13. The highest BCUT2D eigenvalue weighted by Crippen LogP contribution is 2.14. The summed E-state index contributed by atoms with van der Waals surface area (Å²) in [5.74, 6) is -2.15. The van der Waals surface area contributed by atoms with Crippen molar-refractivity contribution in [2.24, 2.45) is 0 Å². The molecule has 0 fully saturated rings. The van der Waals surface area contributed by atoms with Crippen molar-refractivity contribution in [1.82, 2.24) is 9.97 Å². The van der Waals surface area contributed by atoms with Crippen molar-refractivity contribution < 1.29 is 13.6 Å². The van der Waals surface area contributed by atoms with Crippen LogP contribution in [-0.2, 0) is 0 Å². The van der Waals surface area contributed by atoms with Crippen molar-refractivity contribution in [3.8, 4) is 0 Å². The third kappa shape index (κ3) is 4.98. The summed E-state index contributed by atoms with van der Waals surface area (Å²) in [6.07, 6.45) is 4.67. The van der Waals surface area contributed by atoms with Gasteiger partial charge in [-0.15, -0.1) is 0 Å². The van der Waals surface area contributed by atoms with E-state index >= 15 is 0 Å². The van der Waals surface area contributed by atoms with E-state index in [1.54, 1.807) is 0 Å². The molecule has 2 rings (SSSR count). The molecule has 0 aliphatic rings. The third-order valence-corrected chi connectivity index (χ3v) is 3.13. The van der Waals surface area contributed by atoms with Crippen LogP contribution in [0.25, 0.3) is 0 Å². The predicted octanol–water partition coefficient (Wildman–Crippen LogP) is 3.61. The fraction of sp³-hybridized carbons (Fsp3) is 0.312. The van der Waals surface area contributed by atoms with Crippen LogP contribution >= 0.6 is 0 Å². The van der Waals surface area contributed by atoms with Gasteiger partial charge in [-0.2, -0.15) is 0 Å². The van der Waals surface area contributed by atoms with Crippen LogP contribution in [0, 0.1) is 11.6 Å². The van der Waals surface area contributed by atoms with E-state index in [9.17, 15) is 13.6 Å². The second kappa shape index (κ2) is 8.17. The summed E-state index contributed by atoms with van der Waals surface area (Å²) in [6.45, 7) is 2.84. The van der Waals surface area contributed by atoms with Gasteiger partial charge >= 0.3 is 0 Å². The Balaban J connectivity index is 2.00. The normalized spacial score (nSPS) is 10.4. The maximum atomic E-state index is 13.1. The van der Waals surface area contributed by atoms with Gasteiger partial charge in [-0.1, -0.05) is 19.8 Å². The Kier molecular flexibility index (Phi) is 5.96. The predicted molar refractivity (Wildman–Crippen MR) is 84.4 cm³/mol. The molecular formula is C16H18F2N4O. The lowest BCUT2D eigenvalue weighted by Gasteiger charge is -2.07. The van der Waals surface area contributed by atoms with Crippen molar-refractivity contribution >= 4 is 17.5 Å². The molecular weight excluding hydrogens is 302 g/mol. The maximum absolute atomic E-state index is 13.1. The average molecular weight is 320 g/mol. The first-order valence-electron chi connectivity index (χ1n) is 7.43. The van der Waals surface area contributed by atoms with E-state index in [1.165, 1.54) is 18.3 Å². The average Bonchev–Trinajstić information content (AvgIpc) is 2.55. The molecule has 2 N–H and O–H groups in total. The van der Waals surface area contributed by atoms with Gasteiger partial charge in [0, 0.05) is 24.5 Å². The van der Waals surface area contributed by atoms with Gasteiger partial charge < -0.3 is 10.6 Å². The van der Waals surface area contributed by atoms with E-state index in [4.69, 9.17) is 0 Å². The summed E-state index contributed by atoms with van der Waals surface area (Å²) in [6, 6.07) is 4.60. The molecule has 5 nitrogen and oxygen atoms in total. The quantitative estimate of drug-likeness (QED) is 0.765. The van der Waals surface area contributed by atoms with E-state index < -0.39 is 17.5 Å². The molecule has 0 saturated carbocycles. The van der Waals surface area contributed by atoms with E-state index in [2.05, 4.69) is 27.5 Å². The Morgan fingerprint density at radius 1 is 1.17 bits per heavy atom. The first-order valence-corrected chi connectivity index (χ1v) is 7.43.